The van der Waals surface area contributed by atoms with E-state index in [4.69, 9.17) is 14.5 Å². The molecule has 0 radical (unpaired) electrons. The number of benzene rings is 3. The van der Waals surface area contributed by atoms with Crippen LogP contribution in [0, 0.1) is 6.92 Å². The lowest BCUT2D eigenvalue weighted by Crippen LogP contribution is -2.33. The van der Waals surface area contributed by atoms with Crippen molar-refractivity contribution in [2.75, 3.05) is 46.3 Å². The van der Waals surface area contributed by atoms with E-state index in [9.17, 15) is 4.79 Å². The lowest BCUT2D eigenvalue weighted by atomic mass is 10.0. The number of ether oxygens (including phenoxy) is 2. The Kier molecular flexibility index (Phi) is 8.36. The Hall–Kier alpha value is -2.87. The molecule has 0 saturated heterocycles. The highest BCUT2D eigenvalue weighted by Gasteiger charge is 2.25. The molecule has 0 atom stereocenters. The molecule has 3 aromatic carbocycles. The monoisotopic (exact) mass is 499 g/mol. The first kappa shape index (κ1) is 25.7. The van der Waals surface area contributed by atoms with E-state index in [0.29, 0.717) is 28.7 Å². The smallest absolute Gasteiger partial charge is 0.263 e. The van der Waals surface area contributed by atoms with E-state index in [0.717, 1.165) is 39.5 Å². The summed E-state index contributed by atoms with van der Waals surface area (Å²) in [6, 6.07) is 15.8. The summed E-state index contributed by atoms with van der Waals surface area (Å²) >= 11 is 1.52. The molecule has 0 bridgehead atoms. The number of thiazole rings is 1. The zero-order valence-electron chi connectivity index (χ0n) is 20.1. The number of anilines is 1. The fourth-order valence-corrected chi connectivity index (χ4v) is 4.98. The van der Waals surface area contributed by atoms with Crippen molar-refractivity contribution in [1.29, 1.82) is 0 Å². The minimum absolute atomic E-state index is 0. The predicted molar refractivity (Wildman–Crippen MR) is 144 cm³/mol. The van der Waals surface area contributed by atoms with Gasteiger partial charge >= 0.3 is 0 Å². The molecule has 0 fully saturated rings. The maximum Gasteiger partial charge on any atom is 0.263 e. The Morgan fingerprint density at radius 2 is 1.65 bits per heavy atom. The topological polar surface area (TPSA) is 54.9 Å². The molecular formula is C26H30ClN3O3S. The van der Waals surface area contributed by atoms with Crippen molar-refractivity contribution in [3.8, 4) is 11.5 Å². The summed E-state index contributed by atoms with van der Waals surface area (Å²) in [5.74, 6) is 1.15. The fraction of sp³-hybridized carbons (Fsp3) is 0.308. The van der Waals surface area contributed by atoms with E-state index in [1.54, 1.807) is 19.1 Å². The standard InChI is InChI=1S/C26H29N3O3S.ClH/c1-17-11-12-21(31-4)23-24(17)33-26(27-23)29(14-8-13-28(2)3)25(30)20-15-18-9-6-7-10-19(18)16-22(20)32-5;/h6-7,9-12,15-16H,8,13-14H2,1-5H3;1H. The Morgan fingerprint density at radius 3 is 2.29 bits per heavy atom. The van der Waals surface area contributed by atoms with E-state index >= 15 is 0 Å². The molecular weight excluding hydrogens is 470 g/mol. The Balaban J connectivity index is 0.00000324. The van der Waals surface area contributed by atoms with Gasteiger partial charge in [-0.25, -0.2) is 4.98 Å². The summed E-state index contributed by atoms with van der Waals surface area (Å²) in [6.45, 7) is 3.47. The number of aromatic nitrogens is 1. The van der Waals surface area contributed by atoms with Crippen molar-refractivity contribution >= 4 is 55.8 Å². The van der Waals surface area contributed by atoms with E-state index in [2.05, 4.69) is 4.90 Å². The fourth-order valence-electron chi connectivity index (χ4n) is 3.91. The molecule has 0 saturated carbocycles. The molecule has 180 valence electrons. The molecule has 1 heterocycles. The van der Waals surface area contributed by atoms with Crippen LogP contribution in [0.3, 0.4) is 0 Å². The van der Waals surface area contributed by atoms with Gasteiger partial charge in [0.2, 0.25) is 0 Å². The predicted octanol–water partition coefficient (Wildman–Crippen LogP) is 5.80. The van der Waals surface area contributed by atoms with Crippen LogP contribution in [0.5, 0.6) is 11.5 Å². The average Bonchev–Trinajstić information content (AvgIpc) is 3.26. The van der Waals surface area contributed by atoms with Gasteiger partial charge < -0.3 is 14.4 Å². The van der Waals surface area contributed by atoms with Crippen LogP contribution in [0.2, 0.25) is 0 Å². The summed E-state index contributed by atoms with van der Waals surface area (Å²) < 4.78 is 12.2. The number of methoxy groups -OCH3 is 2. The van der Waals surface area contributed by atoms with Gasteiger partial charge in [0.25, 0.3) is 5.91 Å². The van der Waals surface area contributed by atoms with Crippen molar-refractivity contribution < 1.29 is 14.3 Å². The van der Waals surface area contributed by atoms with Crippen LogP contribution in [0.1, 0.15) is 22.3 Å². The molecule has 0 N–H and O–H groups in total. The van der Waals surface area contributed by atoms with Gasteiger partial charge in [0.1, 0.15) is 17.0 Å². The molecule has 34 heavy (non-hydrogen) atoms. The number of carbonyl (C=O) groups is 1. The minimum Gasteiger partial charge on any atom is -0.496 e. The van der Waals surface area contributed by atoms with Crippen molar-refractivity contribution in [3.63, 3.8) is 0 Å². The molecule has 0 spiro atoms. The number of hydrogen-bond donors (Lipinski definition) is 0. The van der Waals surface area contributed by atoms with Crippen molar-refractivity contribution in [2.24, 2.45) is 0 Å². The molecule has 0 aliphatic heterocycles. The molecule has 6 nitrogen and oxygen atoms in total. The highest BCUT2D eigenvalue weighted by Crippen LogP contribution is 2.37. The van der Waals surface area contributed by atoms with Crippen molar-refractivity contribution in [2.45, 2.75) is 13.3 Å². The third kappa shape index (κ3) is 5.12. The molecule has 1 amide bonds. The van der Waals surface area contributed by atoms with Crippen LogP contribution < -0.4 is 14.4 Å². The third-order valence-electron chi connectivity index (χ3n) is 5.67. The molecule has 0 aliphatic carbocycles. The molecule has 8 heteroatoms. The van der Waals surface area contributed by atoms with Crippen LogP contribution in [0.25, 0.3) is 21.0 Å². The number of amides is 1. The summed E-state index contributed by atoms with van der Waals surface area (Å²) in [5, 5.41) is 2.69. The number of hydrogen-bond acceptors (Lipinski definition) is 6. The number of halogens is 1. The van der Waals surface area contributed by atoms with Crippen LogP contribution >= 0.6 is 23.7 Å². The van der Waals surface area contributed by atoms with Crippen molar-refractivity contribution in [1.82, 2.24) is 9.88 Å². The molecule has 0 unspecified atom stereocenters. The van der Waals surface area contributed by atoms with Crippen molar-refractivity contribution in [3.05, 3.63) is 59.7 Å². The Morgan fingerprint density at radius 1 is 0.971 bits per heavy atom. The first-order chi connectivity index (χ1) is 15.9. The van der Waals surface area contributed by atoms with Crippen LogP contribution in [0.15, 0.2) is 48.5 Å². The molecule has 4 rings (SSSR count). The molecule has 1 aromatic heterocycles. The second-order valence-electron chi connectivity index (χ2n) is 8.27. The summed E-state index contributed by atoms with van der Waals surface area (Å²) in [7, 11) is 7.31. The van der Waals surface area contributed by atoms with E-state index < -0.39 is 0 Å². The van der Waals surface area contributed by atoms with Crippen LogP contribution in [-0.2, 0) is 0 Å². The summed E-state index contributed by atoms with van der Waals surface area (Å²) in [4.78, 5) is 22.7. The average molecular weight is 500 g/mol. The zero-order chi connectivity index (χ0) is 23.5. The number of fused-ring (bicyclic) bond motifs is 2. The highest BCUT2D eigenvalue weighted by molar-refractivity contribution is 7.22. The quantitative estimate of drug-likeness (QED) is 0.307. The summed E-state index contributed by atoms with van der Waals surface area (Å²) in [6.07, 6.45) is 0.820. The van der Waals surface area contributed by atoms with Gasteiger partial charge in [-0.15, -0.1) is 12.4 Å². The van der Waals surface area contributed by atoms with Crippen LogP contribution in [-0.4, -0.2) is 57.2 Å². The maximum absolute atomic E-state index is 13.9. The maximum atomic E-state index is 13.9. The van der Waals surface area contributed by atoms with E-state index in [1.807, 2.05) is 69.6 Å². The van der Waals surface area contributed by atoms with Gasteiger partial charge in [0, 0.05) is 6.54 Å². The van der Waals surface area contributed by atoms with E-state index in [1.165, 1.54) is 11.3 Å². The van der Waals surface area contributed by atoms with Gasteiger partial charge in [0.05, 0.1) is 24.5 Å². The van der Waals surface area contributed by atoms with Gasteiger partial charge in [0.15, 0.2) is 5.13 Å². The first-order valence-corrected chi connectivity index (χ1v) is 11.7. The molecule has 4 aromatic rings. The number of rotatable bonds is 8. The minimum atomic E-state index is -0.118. The van der Waals surface area contributed by atoms with Gasteiger partial charge in [-0.2, -0.15) is 0 Å². The van der Waals surface area contributed by atoms with Gasteiger partial charge in [-0.3, -0.25) is 9.69 Å². The Bertz CT molecular complexity index is 1310. The van der Waals surface area contributed by atoms with Gasteiger partial charge in [-0.1, -0.05) is 41.7 Å². The first-order valence-electron chi connectivity index (χ1n) is 10.9. The number of carbonyl (C=O) groups excluding carboxylic acids is 1. The molecule has 0 aliphatic rings. The second-order valence-corrected chi connectivity index (χ2v) is 9.25. The summed E-state index contributed by atoms with van der Waals surface area (Å²) in [5.41, 5.74) is 2.43. The zero-order valence-corrected chi connectivity index (χ0v) is 21.8. The Labute approximate surface area is 210 Å². The second kappa shape index (κ2) is 11.0. The lowest BCUT2D eigenvalue weighted by molar-refractivity contribution is 0.0983. The SMILES string of the molecule is COc1cc2ccccc2cc1C(=O)N(CCCN(C)C)c1nc2c(OC)ccc(C)c2s1.Cl. The van der Waals surface area contributed by atoms with E-state index in [-0.39, 0.29) is 18.3 Å². The third-order valence-corrected chi connectivity index (χ3v) is 6.89. The largest absolute Gasteiger partial charge is 0.496 e. The number of nitrogens with zero attached hydrogens (tertiary/aromatic N) is 3. The normalized spacial score (nSPS) is 11.0. The van der Waals surface area contributed by atoms with Crippen LogP contribution in [0.4, 0.5) is 5.13 Å². The van der Waals surface area contributed by atoms with Gasteiger partial charge in [-0.05, 0) is 68.5 Å². The lowest BCUT2D eigenvalue weighted by Gasteiger charge is -2.22. The number of aryl methyl sites for hydroxylation is 1. The highest BCUT2D eigenvalue weighted by atomic mass is 35.5.